The smallest absolute Gasteiger partial charge is 0.257 e. The lowest BCUT2D eigenvalue weighted by atomic mass is 10.0. The SMILES string of the molecule is COc1ccc(Cl)cc1C(=O)N1CCC(c2nc(C)c3c(n2)N(C)C(=O)CC3)C1. The number of aryl methyl sites for hydroxylation is 1. The fourth-order valence-electron chi connectivity index (χ4n) is 4.05. The second-order valence-corrected chi connectivity index (χ2v) is 7.94. The van der Waals surface area contributed by atoms with Gasteiger partial charge in [0.2, 0.25) is 5.91 Å². The number of fused-ring (bicyclic) bond motifs is 1. The van der Waals surface area contributed by atoms with E-state index in [-0.39, 0.29) is 17.7 Å². The Hall–Kier alpha value is -2.67. The predicted molar refractivity (Wildman–Crippen MR) is 110 cm³/mol. The van der Waals surface area contributed by atoms with E-state index in [0.717, 1.165) is 17.7 Å². The first-order valence-corrected chi connectivity index (χ1v) is 10.0. The van der Waals surface area contributed by atoms with Crippen molar-refractivity contribution in [2.24, 2.45) is 0 Å². The first-order valence-electron chi connectivity index (χ1n) is 9.65. The molecule has 0 radical (unpaired) electrons. The third kappa shape index (κ3) is 3.55. The van der Waals surface area contributed by atoms with E-state index in [9.17, 15) is 9.59 Å². The molecule has 0 aliphatic carbocycles. The number of anilines is 1. The van der Waals surface area contributed by atoms with E-state index in [0.29, 0.717) is 53.9 Å². The van der Waals surface area contributed by atoms with Crippen molar-refractivity contribution >= 4 is 29.2 Å². The standard InChI is InChI=1S/C21H23ClN4O3/c1-12-15-5-7-18(27)25(2)20(15)24-19(23-12)13-8-9-26(11-13)21(28)16-10-14(22)4-6-17(16)29-3/h4,6,10,13H,5,7-9,11H2,1-3H3. The molecule has 7 nitrogen and oxygen atoms in total. The minimum atomic E-state index is -0.117. The number of nitrogens with zero attached hydrogens (tertiary/aromatic N) is 4. The first-order chi connectivity index (χ1) is 13.9. The van der Waals surface area contributed by atoms with E-state index in [4.69, 9.17) is 26.3 Å². The van der Waals surface area contributed by atoms with Crippen molar-refractivity contribution in [3.8, 4) is 5.75 Å². The molecule has 0 bridgehead atoms. The van der Waals surface area contributed by atoms with Gasteiger partial charge in [-0.3, -0.25) is 14.5 Å². The fraction of sp³-hybridized carbons (Fsp3) is 0.429. The molecule has 2 aliphatic rings. The summed E-state index contributed by atoms with van der Waals surface area (Å²) in [5, 5.41) is 0.492. The van der Waals surface area contributed by atoms with Crippen LogP contribution in [0.5, 0.6) is 5.75 Å². The number of carbonyl (C=O) groups is 2. The molecule has 0 spiro atoms. The highest BCUT2D eigenvalue weighted by molar-refractivity contribution is 6.31. The summed E-state index contributed by atoms with van der Waals surface area (Å²) in [5.41, 5.74) is 2.39. The average molecular weight is 415 g/mol. The van der Waals surface area contributed by atoms with Crippen LogP contribution in [0.3, 0.4) is 0 Å². The quantitative estimate of drug-likeness (QED) is 0.771. The Morgan fingerprint density at radius 3 is 2.83 bits per heavy atom. The number of ether oxygens (including phenoxy) is 1. The summed E-state index contributed by atoms with van der Waals surface area (Å²) in [6.07, 6.45) is 1.93. The molecular formula is C21H23ClN4O3. The second kappa shape index (κ2) is 7.63. The number of rotatable bonds is 3. The number of hydrogen-bond acceptors (Lipinski definition) is 5. The van der Waals surface area contributed by atoms with Crippen LogP contribution >= 0.6 is 11.6 Å². The van der Waals surface area contributed by atoms with Gasteiger partial charge in [-0.25, -0.2) is 9.97 Å². The lowest BCUT2D eigenvalue weighted by molar-refractivity contribution is -0.118. The molecule has 4 rings (SSSR count). The van der Waals surface area contributed by atoms with Crippen molar-refractivity contribution in [3.05, 3.63) is 45.9 Å². The minimum absolute atomic E-state index is 0.0264. The molecule has 2 aromatic rings. The van der Waals surface area contributed by atoms with Crippen LogP contribution in [0.1, 0.15) is 46.2 Å². The van der Waals surface area contributed by atoms with Crippen LogP contribution in [0.2, 0.25) is 5.02 Å². The molecule has 0 N–H and O–H groups in total. The van der Waals surface area contributed by atoms with Gasteiger partial charge in [0.25, 0.3) is 5.91 Å². The maximum absolute atomic E-state index is 13.0. The zero-order valence-corrected chi connectivity index (χ0v) is 17.5. The number of methoxy groups -OCH3 is 1. The van der Waals surface area contributed by atoms with Crippen molar-refractivity contribution in [1.82, 2.24) is 14.9 Å². The molecule has 2 amide bonds. The topological polar surface area (TPSA) is 75.6 Å². The normalized spacial score (nSPS) is 18.8. The first kappa shape index (κ1) is 19.6. The zero-order chi connectivity index (χ0) is 20.7. The van der Waals surface area contributed by atoms with Gasteiger partial charge in [-0.2, -0.15) is 0 Å². The monoisotopic (exact) mass is 414 g/mol. The largest absolute Gasteiger partial charge is 0.496 e. The Balaban J connectivity index is 1.58. The van der Waals surface area contributed by atoms with E-state index in [1.54, 1.807) is 35.0 Å². The third-order valence-corrected chi connectivity index (χ3v) is 5.96. The van der Waals surface area contributed by atoms with Gasteiger partial charge in [-0.1, -0.05) is 11.6 Å². The van der Waals surface area contributed by atoms with Crippen LogP contribution in [0.15, 0.2) is 18.2 Å². The Bertz CT molecular complexity index is 994. The van der Waals surface area contributed by atoms with E-state index in [1.807, 2.05) is 6.92 Å². The second-order valence-electron chi connectivity index (χ2n) is 7.50. The Morgan fingerprint density at radius 2 is 2.07 bits per heavy atom. The van der Waals surface area contributed by atoms with Crippen molar-refractivity contribution < 1.29 is 14.3 Å². The summed E-state index contributed by atoms with van der Waals surface area (Å²) in [6, 6.07) is 5.04. The van der Waals surface area contributed by atoms with Crippen molar-refractivity contribution in [3.63, 3.8) is 0 Å². The summed E-state index contributed by atoms with van der Waals surface area (Å²) < 4.78 is 5.32. The highest BCUT2D eigenvalue weighted by atomic mass is 35.5. The number of aromatic nitrogens is 2. The van der Waals surface area contributed by atoms with E-state index < -0.39 is 0 Å². The molecule has 1 fully saturated rings. The summed E-state index contributed by atoms with van der Waals surface area (Å²) in [6.45, 7) is 3.08. The van der Waals surface area contributed by atoms with Gasteiger partial charge in [-0.15, -0.1) is 0 Å². The zero-order valence-electron chi connectivity index (χ0n) is 16.7. The van der Waals surface area contributed by atoms with Crippen LogP contribution in [-0.4, -0.2) is 53.9 Å². The maximum Gasteiger partial charge on any atom is 0.257 e. The molecule has 0 saturated carbocycles. The molecule has 1 saturated heterocycles. The summed E-state index contributed by atoms with van der Waals surface area (Å²) in [5.74, 6) is 1.87. The predicted octanol–water partition coefficient (Wildman–Crippen LogP) is 2.99. The van der Waals surface area contributed by atoms with Gasteiger partial charge in [0.05, 0.1) is 12.7 Å². The number of amides is 2. The fourth-order valence-corrected chi connectivity index (χ4v) is 4.22. The van der Waals surface area contributed by atoms with E-state index in [2.05, 4.69) is 0 Å². The number of benzene rings is 1. The van der Waals surface area contributed by atoms with Gasteiger partial charge in [0.1, 0.15) is 17.4 Å². The van der Waals surface area contributed by atoms with Gasteiger partial charge in [0.15, 0.2) is 0 Å². The lowest BCUT2D eigenvalue weighted by Crippen LogP contribution is -2.33. The minimum Gasteiger partial charge on any atom is -0.496 e. The molecule has 29 heavy (non-hydrogen) atoms. The Kier molecular flexibility index (Phi) is 5.17. The van der Waals surface area contributed by atoms with Crippen molar-refractivity contribution in [2.45, 2.75) is 32.1 Å². The maximum atomic E-state index is 13.0. The lowest BCUT2D eigenvalue weighted by Gasteiger charge is -2.26. The Morgan fingerprint density at radius 1 is 1.28 bits per heavy atom. The third-order valence-electron chi connectivity index (χ3n) is 5.72. The molecule has 2 aliphatic heterocycles. The molecule has 1 aromatic carbocycles. The number of hydrogen-bond donors (Lipinski definition) is 0. The van der Waals surface area contributed by atoms with Crippen molar-refractivity contribution in [1.29, 1.82) is 0 Å². The average Bonchev–Trinajstić information content (AvgIpc) is 3.20. The van der Waals surface area contributed by atoms with Crippen LogP contribution in [0.4, 0.5) is 5.82 Å². The van der Waals surface area contributed by atoms with Crippen LogP contribution < -0.4 is 9.64 Å². The van der Waals surface area contributed by atoms with Crippen molar-refractivity contribution in [2.75, 3.05) is 32.1 Å². The number of likely N-dealkylation sites (tertiary alicyclic amines) is 1. The summed E-state index contributed by atoms with van der Waals surface area (Å²) in [7, 11) is 3.29. The van der Waals surface area contributed by atoms with Crippen LogP contribution in [-0.2, 0) is 11.2 Å². The van der Waals surface area contributed by atoms with Gasteiger partial charge >= 0.3 is 0 Å². The molecule has 1 aromatic heterocycles. The molecular weight excluding hydrogens is 392 g/mol. The number of carbonyl (C=O) groups excluding carboxylic acids is 2. The summed E-state index contributed by atoms with van der Waals surface area (Å²) >= 11 is 6.08. The Labute approximate surface area is 174 Å². The number of halogens is 1. The molecule has 1 atom stereocenters. The van der Waals surface area contributed by atoms with Gasteiger partial charge in [-0.05, 0) is 38.0 Å². The highest BCUT2D eigenvalue weighted by Gasteiger charge is 2.33. The van der Waals surface area contributed by atoms with E-state index in [1.165, 1.54) is 7.11 Å². The molecule has 152 valence electrons. The molecule has 1 unspecified atom stereocenters. The van der Waals surface area contributed by atoms with E-state index >= 15 is 0 Å². The molecule has 8 heteroatoms. The van der Waals surface area contributed by atoms with Gasteiger partial charge < -0.3 is 9.64 Å². The van der Waals surface area contributed by atoms with Crippen LogP contribution in [0, 0.1) is 6.92 Å². The highest BCUT2D eigenvalue weighted by Crippen LogP contribution is 2.33. The van der Waals surface area contributed by atoms with Crippen LogP contribution in [0.25, 0.3) is 0 Å². The van der Waals surface area contributed by atoms with Gasteiger partial charge in [0, 0.05) is 48.8 Å². The summed E-state index contributed by atoms with van der Waals surface area (Å²) in [4.78, 5) is 37.9. The molecule has 3 heterocycles.